The molecule has 1 aliphatic heterocycles. The lowest BCUT2D eigenvalue weighted by molar-refractivity contribution is 0.617. The van der Waals surface area contributed by atoms with E-state index in [9.17, 15) is 0 Å². The van der Waals surface area contributed by atoms with Gasteiger partial charge in [0, 0.05) is 35.4 Å². The normalized spacial score (nSPS) is 19.5. The van der Waals surface area contributed by atoms with E-state index in [1.165, 1.54) is 10.4 Å². The monoisotopic (exact) mass is 220 g/mol. The number of aromatic nitrogens is 3. The van der Waals surface area contributed by atoms with Crippen molar-refractivity contribution in [3.05, 3.63) is 28.5 Å². The maximum atomic E-state index is 4.53. The topological polar surface area (TPSA) is 42.7 Å². The fourth-order valence-corrected chi connectivity index (χ4v) is 2.51. The van der Waals surface area contributed by atoms with E-state index in [-0.39, 0.29) is 0 Å². The lowest BCUT2D eigenvalue weighted by Gasteiger charge is -2.01. The number of hydrogen-bond acceptors (Lipinski definition) is 4. The number of hydrogen-bond donors (Lipinski definition) is 1. The molecule has 0 aromatic carbocycles. The third-order valence-corrected chi connectivity index (χ3v) is 3.57. The Bertz CT molecular complexity index is 499. The Labute approximate surface area is 92.0 Å². The minimum atomic E-state index is 0.412. The first-order valence-corrected chi connectivity index (χ1v) is 5.80. The Balaban J connectivity index is 2.04. The summed E-state index contributed by atoms with van der Waals surface area (Å²) in [4.78, 5) is 5.54. The van der Waals surface area contributed by atoms with Crippen molar-refractivity contribution >= 4 is 11.3 Å². The number of thiazole rings is 1. The van der Waals surface area contributed by atoms with Crippen LogP contribution in [-0.4, -0.2) is 14.8 Å². The second kappa shape index (κ2) is 3.15. The Morgan fingerprint density at radius 3 is 3.13 bits per heavy atom. The Morgan fingerprint density at radius 1 is 1.60 bits per heavy atom. The maximum absolute atomic E-state index is 4.53. The quantitative estimate of drug-likeness (QED) is 0.797. The molecule has 4 nitrogen and oxygen atoms in total. The zero-order chi connectivity index (χ0) is 10.4. The van der Waals surface area contributed by atoms with E-state index in [0.29, 0.717) is 6.04 Å². The van der Waals surface area contributed by atoms with E-state index in [4.69, 9.17) is 0 Å². The van der Waals surface area contributed by atoms with Crippen LogP contribution in [0.1, 0.15) is 29.1 Å². The van der Waals surface area contributed by atoms with Gasteiger partial charge in [0.25, 0.3) is 0 Å². The molecule has 0 radical (unpaired) electrons. The van der Waals surface area contributed by atoms with Gasteiger partial charge < -0.3 is 5.32 Å². The first-order valence-electron chi connectivity index (χ1n) is 4.98. The molecule has 1 unspecified atom stereocenters. The molecule has 15 heavy (non-hydrogen) atoms. The Hall–Kier alpha value is -1.20. The molecule has 3 rings (SSSR count). The first-order chi connectivity index (χ1) is 7.24. The van der Waals surface area contributed by atoms with E-state index in [1.807, 2.05) is 10.9 Å². The van der Waals surface area contributed by atoms with E-state index in [2.05, 4.69) is 35.4 Å². The van der Waals surface area contributed by atoms with Gasteiger partial charge in [-0.15, -0.1) is 11.3 Å². The van der Waals surface area contributed by atoms with E-state index < -0.39 is 0 Å². The average molecular weight is 220 g/mol. The van der Waals surface area contributed by atoms with E-state index in [0.717, 1.165) is 17.4 Å². The van der Waals surface area contributed by atoms with Gasteiger partial charge in [0.15, 0.2) is 0 Å². The molecule has 2 aromatic heterocycles. The van der Waals surface area contributed by atoms with Crippen LogP contribution in [0.3, 0.4) is 0 Å². The van der Waals surface area contributed by atoms with Crippen LogP contribution in [0.4, 0.5) is 0 Å². The Kier molecular flexibility index (Phi) is 1.90. The van der Waals surface area contributed by atoms with Gasteiger partial charge in [-0.3, -0.25) is 0 Å². The standard InChI is InChI=1S/C10H12N4S/c1-6-3-12-10(15-6)14-5-8-7(2)11-4-9(8)13-14/h3,5,7,11H,4H2,1-2H3. The van der Waals surface area contributed by atoms with Gasteiger partial charge >= 0.3 is 0 Å². The van der Waals surface area contributed by atoms with Crippen LogP contribution in [0, 0.1) is 6.92 Å². The summed E-state index contributed by atoms with van der Waals surface area (Å²) in [5, 5.41) is 8.84. The van der Waals surface area contributed by atoms with Crippen LogP contribution in [0.25, 0.3) is 5.13 Å². The van der Waals surface area contributed by atoms with Crippen LogP contribution in [-0.2, 0) is 6.54 Å². The molecular weight excluding hydrogens is 208 g/mol. The molecule has 1 atom stereocenters. The highest BCUT2D eigenvalue weighted by molar-refractivity contribution is 7.13. The number of aryl methyl sites for hydroxylation is 1. The fraction of sp³-hybridized carbons (Fsp3) is 0.400. The van der Waals surface area contributed by atoms with Crippen molar-refractivity contribution in [2.75, 3.05) is 0 Å². The fourth-order valence-electron chi connectivity index (χ4n) is 1.83. The summed E-state index contributed by atoms with van der Waals surface area (Å²) in [7, 11) is 0. The maximum Gasteiger partial charge on any atom is 0.210 e. The minimum absolute atomic E-state index is 0.412. The average Bonchev–Trinajstić information content (AvgIpc) is 2.84. The van der Waals surface area contributed by atoms with Crippen molar-refractivity contribution in [2.24, 2.45) is 0 Å². The molecule has 1 N–H and O–H groups in total. The van der Waals surface area contributed by atoms with E-state index in [1.54, 1.807) is 11.3 Å². The molecule has 0 amide bonds. The minimum Gasteiger partial charge on any atom is -0.304 e. The van der Waals surface area contributed by atoms with Crippen molar-refractivity contribution in [3.63, 3.8) is 0 Å². The molecule has 5 heteroatoms. The van der Waals surface area contributed by atoms with Gasteiger partial charge in [0.05, 0.1) is 5.69 Å². The van der Waals surface area contributed by atoms with Crippen molar-refractivity contribution < 1.29 is 0 Å². The lowest BCUT2D eigenvalue weighted by atomic mass is 10.2. The summed E-state index contributed by atoms with van der Waals surface area (Å²) in [6.07, 6.45) is 3.97. The van der Waals surface area contributed by atoms with Crippen molar-refractivity contribution in [1.82, 2.24) is 20.1 Å². The van der Waals surface area contributed by atoms with Crippen LogP contribution < -0.4 is 5.32 Å². The molecule has 0 fully saturated rings. The lowest BCUT2D eigenvalue weighted by Crippen LogP contribution is -2.09. The molecule has 0 bridgehead atoms. The second-order valence-corrected chi connectivity index (χ2v) is 5.05. The van der Waals surface area contributed by atoms with Crippen molar-refractivity contribution in [1.29, 1.82) is 0 Å². The summed E-state index contributed by atoms with van der Waals surface area (Å²) in [6, 6.07) is 0.412. The molecule has 78 valence electrons. The largest absolute Gasteiger partial charge is 0.304 e. The smallest absolute Gasteiger partial charge is 0.210 e. The summed E-state index contributed by atoms with van der Waals surface area (Å²) in [5.41, 5.74) is 2.44. The molecule has 2 aromatic rings. The SMILES string of the molecule is Cc1cnc(-n2cc3c(n2)CNC3C)s1. The van der Waals surface area contributed by atoms with Crippen molar-refractivity contribution in [2.45, 2.75) is 26.4 Å². The van der Waals surface area contributed by atoms with Gasteiger partial charge in [-0.2, -0.15) is 5.10 Å². The highest BCUT2D eigenvalue weighted by Crippen LogP contribution is 2.25. The first kappa shape index (κ1) is 9.06. The summed E-state index contributed by atoms with van der Waals surface area (Å²) < 4.78 is 1.89. The van der Waals surface area contributed by atoms with Gasteiger partial charge in [-0.1, -0.05) is 0 Å². The van der Waals surface area contributed by atoms with Crippen LogP contribution in [0.5, 0.6) is 0 Å². The molecule has 0 saturated carbocycles. The molecular formula is C10H12N4S. The molecule has 0 saturated heterocycles. The van der Waals surface area contributed by atoms with Gasteiger partial charge in [0.2, 0.25) is 5.13 Å². The summed E-state index contributed by atoms with van der Waals surface area (Å²) in [6.45, 7) is 5.08. The number of nitrogens with one attached hydrogen (secondary N) is 1. The summed E-state index contributed by atoms with van der Waals surface area (Å²) in [5.74, 6) is 0. The van der Waals surface area contributed by atoms with E-state index >= 15 is 0 Å². The number of nitrogens with zero attached hydrogens (tertiary/aromatic N) is 3. The highest BCUT2D eigenvalue weighted by Gasteiger charge is 2.22. The second-order valence-electron chi connectivity index (χ2n) is 3.83. The predicted octanol–water partition coefficient (Wildman–Crippen LogP) is 1.80. The van der Waals surface area contributed by atoms with Crippen LogP contribution >= 0.6 is 11.3 Å². The number of fused-ring (bicyclic) bond motifs is 1. The van der Waals surface area contributed by atoms with Crippen LogP contribution in [0.15, 0.2) is 12.4 Å². The molecule has 0 aliphatic carbocycles. The highest BCUT2D eigenvalue weighted by atomic mass is 32.1. The van der Waals surface area contributed by atoms with Gasteiger partial charge in [0.1, 0.15) is 0 Å². The molecule has 0 spiro atoms. The predicted molar refractivity (Wildman–Crippen MR) is 59.2 cm³/mol. The zero-order valence-corrected chi connectivity index (χ0v) is 9.51. The third-order valence-electron chi connectivity index (χ3n) is 2.67. The molecule has 3 heterocycles. The van der Waals surface area contributed by atoms with Crippen LogP contribution in [0.2, 0.25) is 0 Å². The third kappa shape index (κ3) is 1.39. The van der Waals surface area contributed by atoms with Gasteiger partial charge in [-0.05, 0) is 13.8 Å². The number of rotatable bonds is 1. The van der Waals surface area contributed by atoms with Crippen molar-refractivity contribution in [3.8, 4) is 5.13 Å². The zero-order valence-electron chi connectivity index (χ0n) is 8.69. The van der Waals surface area contributed by atoms with Gasteiger partial charge in [-0.25, -0.2) is 9.67 Å². The molecule has 1 aliphatic rings. The Morgan fingerprint density at radius 2 is 2.47 bits per heavy atom. The summed E-state index contributed by atoms with van der Waals surface area (Å²) >= 11 is 1.67.